The van der Waals surface area contributed by atoms with Gasteiger partial charge in [-0.25, -0.2) is 13.9 Å². The molecule has 0 aliphatic rings. The Morgan fingerprint density at radius 2 is 2.06 bits per heavy atom. The molecular weight excluding hydrogens is 426 g/mol. The quantitative estimate of drug-likeness (QED) is 0.145. The van der Waals surface area contributed by atoms with Gasteiger partial charge < -0.3 is 15.6 Å². The predicted molar refractivity (Wildman–Crippen MR) is 111 cm³/mol. The number of hydrogen-bond donors (Lipinski definition) is 5. The summed E-state index contributed by atoms with van der Waals surface area (Å²) in [6.45, 7) is 1.38. The zero-order valence-corrected chi connectivity index (χ0v) is 17.3. The molecule has 0 saturated heterocycles. The minimum absolute atomic E-state index is 0.0286. The number of amides is 1. The third kappa shape index (κ3) is 6.56. The molecule has 2 aromatic rings. The monoisotopic (exact) mass is 447 g/mol. The summed E-state index contributed by atoms with van der Waals surface area (Å²) in [5.74, 6) is -0.884. The van der Waals surface area contributed by atoms with Gasteiger partial charge >= 0.3 is 0 Å². The number of nitrogens with one attached hydrogen (secondary N) is 4. The summed E-state index contributed by atoms with van der Waals surface area (Å²) >= 11 is 0. The number of rotatable bonds is 9. The minimum atomic E-state index is -4.12. The average Bonchev–Trinajstić information content (AvgIpc) is 2.72. The van der Waals surface area contributed by atoms with E-state index in [1.807, 2.05) is 6.07 Å². The van der Waals surface area contributed by atoms with Gasteiger partial charge in [-0.2, -0.15) is 5.26 Å². The van der Waals surface area contributed by atoms with Gasteiger partial charge in [0, 0.05) is 12.2 Å². The van der Waals surface area contributed by atoms with E-state index >= 15 is 0 Å². The van der Waals surface area contributed by atoms with Crippen LogP contribution in [0, 0.1) is 23.7 Å². The van der Waals surface area contributed by atoms with E-state index < -0.39 is 21.5 Å². The summed E-state index contributed by atoms with van der Waals surface area (Å²) < 4.78 is 28.5. The molecule has 1 heterocycles. The van der Waals surface area contributed by atoms with E-state index in [0.717, 1.165) is 4.57 Å². The number of nitrogens with two attached hydrogens (primary N) is 1. The van der Waals surface area contributed by atoms with Gasteiger partial charge in [-0.05, 0) is 37.3 Å². The van der Waals surface area contributed by atoms with Crippen molar-refractivity contribution in [1.29, 1.82) is 10.7 Å². The molecule has 0 saturated carbocycles. The number of anilines is 1. The summed E-state index contributed by atoms with van der Waals surface area (Å²) in [7, 11) is -4.12. The van der Waals surface area contributed by atoms with E-state index in [9.17, 15) is 18.0 Å². The Labute approximate surface area is 178 Å². The summed E-state index contributed by atoms with van der Waals surface area (Å²) in [4.78, 5) is 29.5. The van der Waals surface area contributed by atoms with Crippen LogP contribution >= 0.6 is 0 Å². The zero-order chi connectivity index (χ0) is 23.0. The van der Waals surface area contributed by atoms with E-state index in [-0.39, 0.29) is 41.8 Å². The Balaban J connectivity index is 2.13. The maximum atomic E-state index is 12.7. The lowest BCUT2D eigenvalue weighted by atomic mass is 10.2. The molecule has 0 aliphatic heterocycles. The number of benzene rings is 1. The van der Waals surface area contributed by atoms with Crippen molar-refractivity contribution in [3.8, 4) is 6.07 Å². The number of sulfonamides is 1. The highest BCUT2D eigenvalue weighted by molar-refractivity contribution is 7.92. The predicted octanol–water partition coefficient (Wildman–Crippen LogP) is -0.640. The summed E-state index contributed by atoms with van der Waals surface area (Å²) in [6.07, 6.45) is 0. The fourth-order valence-corrected chi connectivity index (χ4v) is 3.55. The Kier molecular flexibility index (Phi) is 7.72. The van der Waals surface area contributed by atoms with Crippen LogP contribution in [0.5, 0.6) is 0 Å². The van der Waals surface area contributed by atoms with Gasteiger partial charge in [-0.3, -0.25) is 24.6 Å². The first-order chi connectivity index (χ1) is 14.6. The van der Waals surface area contributed by atoms with Crippen LogP contribution in [0.2, 0.25) is 0 Å². The standard InChI is InChI=1S/C18H21N7O5S/c1-12-5-6-15(24-31(28,29)14-4-2-3-13(9-14)10-19)17(27)25(12)11-16(26)22-7-8-30-23-18(20)21/h2-6,9,24H,7-8,11H2,1H3,(H,22,26)(H4,20,21,23). The molecule has 0 aliphatic carbocycles. The van der Waals surface area contributed by atoms with Crippen molar-refractivity contribution in [2.45, 2.75) is 18.4 Å². The van der Waals surface area contributed by atoms with Crippen molar-refractivity contribution >= 4 is 27.6 Å². The SMILES string of the molecule is Cc1ccc(NS(=O)(=O)c2cccc(C#N)c2)c(=O)n1CC(=O)NCCONC(=N)N. The maximum Gasteiger partial charge on any atom is 0.275 e. The third-order valence-electron chi connectivity index (χ3n) is 3.92. The maximum absolute atomic E-state index is 12.7. The average molecular weight is 447 g/mol. The minimum Gasteiger partial charge on any atom is -0.368 e. The van der Waals surface area contributed by atoms with Crippen LogP contribution in [0.25, 0.3) is 0 Å². The van der Waals surface area contributed by atoms with E-state index in [1.54, 1.807) is 6.92 Å². The second-order valence-electron chi connectivity index (χ2n) is 6.24. The number of hydrogen-bond acceptors (Lipinski definition) is 7. The highest BCUT2D eigenvalue weighted by Crippen LogP contribution is 2.15. The highest BCUT2D eigenvalue weighted by atomic mass is 32.2. The molecule has 6 N–H and O–H groups in total. The number of carbonyl (C=O) groups excluding carboxylic acids is 1. The first-order valence-corrected chi connectivity index (χ1v) is 10.3. The normalized spacial score (nSPS) is 10.7. The molecule has 12 nitrogen and oxygen atoms in total. The van der Waals surface area contributed by atoms with Crippen LogP contribution < -0.4 is 26.8 Å². The Morgan fingerprint density at radius 1 is 1.32 bits per heavy atom. The van der Waals surface area contributed by atoms with Gasteiger partial charge in [0.25, 0.3) is 15.6 Å². The number of nitrogens with zero attached hydrogens (tertiary/aromatic N) is 2. The van der Waals surface area contributed by atoms with Gasteiger partial charge in [-0.1, -0.05) is 6.07 Å². The molecule has 0 bridgehead atoms. The number of aryl methyl sites for hydroxylation is 1. The van der Waals surface area contributed by atoms with Crippen LogP contribution in [0.15, 0.2) is 46.1 Å². The Morgan fingerprint density at radius 3 is 2.74 bits per heavy atom. The van der Waals surface area contributed by atoms with Gasteiger partial charge in [0.15, 0.2) is 0 Å². The van der Waals surface area contributed by atoms with E-state index in [4.69, 9.17) is 21.2 Å². The summed E-state index contributed by atoms with van der Waals surface area (Å²) in [5.41, 5.74) is 6.81. The van der Waals surface area contributed by atoms with Crippen LogP contribution in [0.3, 0.4) is 0 Å². The van der Waals surface area contributed by atoms with Crippen LogP contribution in [-0.4, -0.2) is 38.0 Å². The molecule has 0 unspecified atom stereocenters. The number of nitriles is 1. The molecule has 1 amide bonds. The third-order valence-corrected chi connectivity index (χ3v) is 5.28. The van der Waals surface area contributed by atoms with Crippen molar-refractivity contribution < 1.29 is 18.0 Å². The molecule has 0 radical (unpaired) electrons. The molecule has 1 aromatic heterocycles. The number of pyridine rings is 1. The van der Waals surface area contributed by atoms with Gasteiger partial charge in [0.2, 0.25) is 11.9 Å². The van der Waals surface area contributed by atoms with Gasteiger partial charge in [-0.15, -0.1) is 0 Å². The highest BCUT2D eigenvalue weighted by Gasteiger charge is 2.18. The lowest BCUT2D eigenvalue weighted by Crippen LogP contribution is -2.37. The lowest BCUT2D eigenvalue weighted by Gasteiger charge is -2.14. The first kappa shape index (κ1) is 23.4. The van der Waals surface area contributed by atoms with E-state index in [2.05, 4.69) is 15.5 Å². The summed E-state index contributed by atoms with van der Waals surface area (Å²) in [5, 5.41) is 18.4. The molecule has 164 valence electrons. The van der Waals surface area contributed by atoms with Crippen molar-refractivity contribution in [3.05, 3.63) is 58.0 Å². The Bertz CT molecular complexity index is 1180. The molecule has 31 heavy (non-hydrogen) atoms. The van der Waals surface area contributed by atoms with Crippen molar-refractivity contribution in [1.82, 2.24) is 15.4 Å². The van der Waals surface area contributed by atoms with E-state index in [0.29, 0.717) is 5.69 Å². The number of guanidine groups is 1. The smallest absolute Gasteiger partial charge is 0.275 e. The van der Waals surface area contributed by atoms with E-state index in [1.165, 1.54) is 36.4 Å². The topological polar surface area (TPSA) is 192 Å². The lowest BCUT2D eigenvalue weighted by molar-refractivity contribution is -0.122. The summed E-state index contributed by atoms with van der Waals surface area (Å²) in [6, 6.07) is 10.0. The molecular formula is C18H21N7O5S. The fraction of sp³-hybridized carbons (Fsp3) is 0.222. The van der Waals surface area contributed by atoms with Crippen LogP contribution in [0.4, 0.5) is 5.69 Å². The molecule has 0 atom stereocenters. The first-order valence-electron chi connectivity index (χ1n) is 8.86. The Hall–Kier alpha value is -3.89. The fourth-order valence-electron chi connectivity index (χ4n) is 2.45. The molecule has 13 heteroatoms. The van der Waals surface area contributed by atoms with Gasteiger partial charge in [0.1, 0.15) is 12.2 Å². The molecule has 0 fully saturated rings. The van der Waals surface area contributed by atoms with Crippen LogP contribution in [0.1, 0.15) is 11.3 Å². The van der Waals surface area contributed by atoms with Crippen molar-refractivity contribution in [2.24, 2.45) is 5.73 Å². The van der Waals surface area contributed by atoms with Gasteiger partial charge in [0.05, 0.1) is 23.1 Å². The number of aromatic nitrogens is 1. The second kappa shape index (κ2) is 10.2. The number of hydroxylamine groups is 1. The second-order valence-corrected chi connectivity index (χ2v) is 7.92. The largest absolute Gasteiger partial charge is 0.368 e. The van der Waals surface area contributed by atoms with Crippen molar-refractivity contribution in [2.75, 3.05) is 17.9 Å². The number of carbonyl (C=O) groups is 1. The molecule has 2 rings (SSSR count). The molecule has 1 aromatic carbocycles. The van der Waals surface area contributed by atoms with Crippen molar-refractivity contribution in [3.63, 3.8) is 0 Å². The zero-order valence-electron chi connectivity index (χ0n) is 16.5. The molecule has 0 spiro atoms. The van der Waals surface area contributed by atoms with Crippen LogP contribution in [-0.2, 0) is 26.2 Å².